The van der Waals surface area contributed by atoms with E-state index in [1.807, 2.05) is 0 Å². The normalized spacial score (nSPS) is 11.4. The average molecular weight is 387 g/mol. The number of methoxy groups -OCH3 is 1. The highest BCUT2D eigenvalue weighted by Crippen LogP contribution is 2.42. The van der Waals surface area contributed by atoms with Crippen molar-refractivity contribution in [2.24, 2.45) is 10.9 Å². The predicted octanol–water partition coefficient (Wildman–Crippen LogP) is 4.62. The maximum Gasteiger partial charge on any atom is 0.170 e. The fourth-order valence-electron chi connectivity index (χ4n) is 2.90. The van der Waals surface area contributed by atoms with Crippen LogP contribution in [0.1, 0.15) is 5.56 Å². The van der Waals surface area contributed by atoms with Gasteiger partial charge in [-0.2, -0.15) is 0 Å². The molecule has 0 aromatic heterocycles. The van der Waals surface area contributed by atoms with Gasteiger partial charge in [-0.3, -0.25) is 0 Å². The van der Waals surface area contributed by atoms with E-state index in [-0.39, 0.29) is 11.6 Å². The summed E-state index contributed by atoms with van der Waals surface area (Å²) >= 11 is 6.25. The molecule has 0 saturated heterocycles. The van der Waals surface area contributed by atoms with Crippen LogP contribution in [0.5, 0.6) is 11.5 Å². The van der Waals surface area contributed by atoms with E-state index >= 15 is 0 Å². The number of phenols is 1. The molecule has 0 bridgehead atoms. The molecule has 27 heavy (non-hydrogen) atoms. The van der Waals surface area contributed by atoms with Gasteiger partial charge in [-0.15, -0.1) is 0 Å². The average Bonchev–Trinajstić information content (AvgIpc) is 2.67. The van der Waals surface area contributed by atoms with Crippen LogP contribution >= 0.6 is 11.6 Å². The number of aromatic hydroxyl groups is 1. The highest BCUT2D eigenvalue weighted by atomic mass is 35.5. The summed E-state index contributed by atoms with van der Waals surface area (Å²) in [6, 6.07) is 13.7. The third-order valence-electron chi connectivity index (χ3n) is 4.10. The van der Waals surface area contributed by atoms with E-state index in [1.165, 1.54) is 43.5 Å². The lowest BCUT2D eigenvalue weighted by Gasteiger charge is -2.18. The Morgan fingerprint density at radius 2 is 1.78 bits per heavy atom. The minimum atomic E-state index is -0.470. The molecule has 0 amide bonds. The number of rotatable bonds is 4. The number of nitrogens with two attached hydrogens (primary N) is 1. The van der Waals surface area contributed by atoms with Gasteiger partial charge in [-0.05, 0) is 53.6 Å². The second-order valence-electron chi connectivity index (χ2n) is 5.75. The molecule has 0 aliphatic carbocycles. The first-order valence-corrected chi connectivity index (χ1v) is 8.27. The van der Waals surface area contributed by atoms with Crippen LogP contribution in [-0.2, 0) is 0 Å². The third kappa shape index (κ3) is 3.66. The molecule has 138 valence electrons. The number of amidine groups is 1. The van der Waals surface area contributed by atoms with Gasteiger partial charge in [0, 0.05) is 21.7 Å². The Labute approximate surface area is 160 Å². The van der Waals surface area contributed by atoms with E-state index in [1.54, 1.807) is 18.2 Å². The van der Waals surface area contributed by atoms with Gasteiger partial charge in [-0.1, -0.05) is 28.9 Å². The van der Waals surface area contributed by atoms with Crippen molar-refractivity contribution in [3.8, 4) is 33.8 Å². The summed E-state index contributed by atoms with van der Waals surface area (Å²) in [4.78, 5) is 0. The number of phenolic OH excluding ortho intramolecular Hbond substituents is 1. The molecule has 0 unspecified atom stereocenters. The molecule has 0 atom stereocenters. The van der Waals surface area contributed by atoms with Crippen LogP contribution in [0, 0.1) is 5.82 Å². The molecule has 3 aromatic rings. The number of halogens is 2. The second-order valence-corrected chi connectivity index (χ2v) is 6.19. The van der Waals surface area contributed by atoms with Crippen molar-refractivity contribution in [3.63, 3.8) is 0 Å². The lowest BCUT2D eigenvalue weighted by molar-refractivity contribution is 0.318. The van der Waals surface area contributed by atoms with Gasteiger partial charge in [0.25, 0.3) is 0 Å². The number of benzene rings is 3. The summed E-state index contributed by atoms with van der Waals surface area (Å²) in [6.07, 6.45) is 0. The standard InChI is InChI=1S/C20H16ClFN2O3/c1-27-18-7-4-13(22)10-16(18)19-15(11-2-5-14(25)6-3-11)8-12(21)9-17(19)20(23)24-26/h2-10,25-26H,1H3,(H2,23,24). The smallest absolute Gasteiger partial charge is 0.170 e. The van der Waals surface area contributed by atoms with Crippen LogP contribution in [0.4, 0.5) is 4.39 Å². The molecule has 4 N–H and O–H groups in total. The summed E-state index contributed by atoms with van der Waals surface area (Å²) < 4.78 is 19.4. The van der Waals surface area contributed by atoms with E-state index < -0.39 is 5.82 Å². The molecule has 0 radical (unpaired) electrons. The number of hydrogen-bond acceptors (Lipinski definition) is 4. The molecule has 0 fully saturated rings. The Morgan fingerprint density at radius 1 is 1.07 bits per heavy atom. The summed E-state index contributed by atoms with van der Waals surface area (Å²) in [5, 5.41) is 22.2. The summed E-state index contributed by atoms with van der Waals surface area (Å²) in [7, 11) is 1.47. The van der Waals surface area contributed by atoms with Crippen LogP contribution in [0.25, 0.3) is 22.3 Å². The van der Waals surface area contributed by atoms with E-state index in [4.69, 9.17) is 22.1 Å². The predicted molar refractivity (Wildman–Crippen MR) is 103 cm³/mol. The zero-order valence-electron chi connectivity index (χ0n) is 14.3. The maximum atomic E-state index is 14.0. The SMILES string of the molecule is COc1ccc(F)cc1-c1c(/C(N)=N/O)cc(Cl)cc1-c1ccc(O)cc1. The topological polar surface area (TPSA) is 88.1 Å². The van der Waals surface area contributed by atoms with Gasteiger partial charge in [0.05, 0.1) is 7.11 Å². The van der Waals surface area contributed by atoms with Gasteiger partial charge in [0.2, 0.25) is 0 Å². The quantitative estimate of drug-likeness (QED) is 0.264. The molecule has 0 aliphatic rings. The summed E-state index contributed by atoms with van der Waals surface area (Å²) in [5.74, 6) is -0.144. The van der Waals surface area contributed by atoms with Crippen LogP contribution < -0.4 is 10.5 Å². The van der Waals surface area contributed by atoms with Gasteiger partial charge in [-0.25, -0.2) is 4.39 Å². The van der Waals surface area contributed by atoms with Crippen LogP contribution in [-0.4, -0.2) is 23.3 Å². The van der Waals surface area contributed by atoms with Gasteiger partial charge < -0.3 is 20.8 Å². The zero-order chi connectivity index (χ0) is 19.6. The van der Waals surface area contributed by atoms with Crippen molar-refractivity contribution in [2.75, 3.05) is 7.11 Å². The molecule has 7 heteroatoms. The van der Waals surface area contributed by atoms with Crippen molar-refractivity contribution in [1.29, 1.82) is 0 Å². The van der Waals surface area contributed by atoms with Crippen molar-refractivity contribution in [1.82, 2.24) is 0 Å². The molecule has 0 spiro atoms. The lowest BCUT2D eigenvalue weighted by Crippen LogP contribution is -2.15. The van der Waals surface area contributed by atoms with Crippen LogP contribution in [0.2, 0.25) is 5.02 Å². The van der Waals surface area contributed by atoms with E-state index in [0.717, 1.165) is 0 Å². The number of hydrogen-bond donors (Lipinski definition) is 3. The van der Waals surface area contributed by atoms with Gasteiger partial charge in [0.1, 0.15) is 17.3 Å². The minimum absolute atomic E-state index is 0.0994. The minimum Gasteiger partial charge on any atom is -0.508 e. The summed E-state index contributed by atoms with van der Waals surface area (Å²) in [6.45, 7) is 0. The Morgan fingerprint density at radius 3 is 2.41 bits per heavy atom. The molecule has 0 aliphatic heterocycles. The Balaban J connectivity index is 2.43. The van der Waals surface area contributed by atoms with E-state index in [0.29, 0.717) is 38.6 Å². The highest BCUT2D eigenvalue weighted by molar-refractivity contribution is 6.31. The Kier molecular flexibility index (Phi) is 5.19. The largest absolute Gasteiger partial charge is 0.508 e. The first-order chi connectivity index (χ1) is 12.9. The van der Waals surface area contributed by atoms with Crippen LogP contribution in [0.3, 0.4) is 0 Å². The van der Waals surface area contributed by atoms with Crippen molar-refractivity contribution < 1.29 is 19.4 Å². The number of oxime groups is 1. The number of nitrogens with zero attached hydrogens (tertiary/aromatic N) is 1. The molecule has 0 heterocycles. The summed E-state index contributed by atoms with van der Waals surface area (Å²) in [5.41, 5.74) is 8.39. The van der Waals surface area contributed by atoms with Crippen LogP contribution in [0.15, 0.2) is 59.8 Å². The first kappa shape index (κ1) is 18.5. The molecular formula is C20H16ClFN2O3. The Bertz CT molecular complexity index is 1020. The van der Waals surface area contributed by atoms with Crippen molar-refractivity contribution >= 4 is 17.4 Å². The van der Waals surface area contributed by atoms with Crippen molar-refractivity contribution in [2.45, 2.75) is 0 Å². The number of ether oxygens (including phenoxy) is 1. The molecule has 3 rings (SSSR count). The van der Waals surface area contributed by atoms with Gasteiger partial charge in [0.15, 0.2) is 5.84 Å². The van der Waals surface area contributed by atoms with E-state index in [9.17, 15) is 14.7 Å². The van der Waals surface area contributed by atoms with E-state index in [2.05, 4.69) is 5.16 Å². The Hall–Kier alpha value is -3.25. The lowest BCUT2D eigenvalue weighted by atomic mass is 9.89. The first-order valence-electron chi connectivity index (χ1n) is 7.89. The zero-order valence-corrected chi connectivity index (χ0v) is 15.0. The highest BCUT2D eigenvalue weighted by Gasteiger charge is 2.20. The molecule has 0 saturated carbocycles. The van der Waals surface area contributed by atoms with Gasteiger partial charge >= 0.3 is 0 Å². The third-order valence-corrected chi connectivity index (χ3v) is 4.31. The molecule has 5 nitrogen and oxygen atoms in total. The second kappa shape index (κ2) is 7.55. The van der Waals surface area contributed by atoms with Crippen molar-refractivity contribution in [3.05, 3.63) is 71.0 Å². The fourth-order valence-corrected chi connectivity index (χ4v) is 3.12. The monoisotopic (exact) mass is 386 g/mol. The molecule has 3 aromatic carbocycles. The maximum absolute atomic E-state index is 14.0. The molecular weight excluding hydrogens is 371 g/mol. The fraction of sp³-hybridized carbons (Fsp3) is 0.0500.